The summed E-state index contributed by atoms with van der Waals surface area (Å²) in [5.41, 5.74) is 2.30. The first-order valence-corrected chi connectivity index (χ1v) is 7.70. The van der Waals surface area contributed by atoms with Gasteiger partial charge in [0.2, 0.25) is 5.91 Å². The van der Waals surface area contributed by atoms with Gasteiger partial charge in [-0.3, -0.25) is 19.5 Å². The number of hydrogen-bond donors (Lipinski definition) is 0. The lowest BCUT2D eigenvalue weighted by Crippen LogP contribution is -2.34. The molecule has 1 aromatic heterocycles. The van der Waals surface area contributed by atoms with Gasteiger partial charge in [0.15, 0.2) is 5.58 Å². The fourth-order valence-corrected chi connectivity index (χ4v) is 3.12. The summed E-state index contributed by atoms with van der Waals surface area (Å²) in [5, 5.41) is 11.0. The van der Waals surface area contributed by atoms with Crippen molar-refractivity contribution >= 4 is 28.4 Å². The SMILES string of the molecule is O=C(Cn1c(=O)oc2ccccc21)N1CCc2ccc([N+](=O)[O-])cc21. The summed E-state index contributed by atoms with van der Waals surface area (Å²) >= 11 is 0. The monoisotopic (exact) mass is 339 g/mol. The Balaban J connectivity index is 1.67. The number of para-hydroxylation sites is 2. The van der Waals surface area contributed by atoms with Crippen LogP contribution < -0.4 is 10.7 Å². The number of non-ortho nitro benzene ring substituents is 1. The van der Waals surface area contributed by atoms with Gasteiger partial charge in [-0.25, -0.2) is 4.79 Å². The molecule has 0 N–H and O–H groups in total. The molecular weight excluding hydrogens is 326 g/mol. The fourth-order valence-electron chi connectivity index (χ4n) is 3.12. The number of amides is 1. The molecule has 4 rings (SSSR count). The van der Waals surface area contributed by atoms with E-state index >= 15 is 0 Å². The van der Waals surface area contributed by atoms with Gasteiger partial charge in [-0.05, 0) is 24.1 Å². The van der Waals surface area contributed by atoms with Crippen molar-refractivity contribution in [3.8, 4) is 0 Å². The van der Waals surface area contributed by atoms with Crippen LogP contribution in [0, 0.1) is 10.1 Å². The highest BCUT2D eigenvalue weighted by atomic mass is 16.6. The number of nitro groups is 1. The predicted molar refractivity (Wildman–Crippen MR) is 89.6 cm³/mol. The molecule has 25 heavy (non-hydrogen) atoms. The zero-order chi connectivity index (χ0) is 17.6. The molecule has 3 aromatic rings. The van der Waals surface area contributed by atoms with Gasteiger partial charge in [-0.1, -0.05) is 18.2 Å². The summed E-state index contributed by atoms with van der Waals surface area (Å²) in [7, 11) is 0. The Kier molecular flexibility index (Phi) is 3.38. The highest BCUT2D eigenvalue weighted by Gasteiger charge is 2.27. The lowest BCUT2D eigenvalue weighted by Gasteiger charge is -2.17. The van der Waals surface area contributed by atoms with Crippen LogP contribution in [0.5, 0.6) is 0 Å². The minimum absolute atomic E-state index is 0.0654. The number of carbonyl (C=O) groups is 1. The van der Waals surface area contributed by atoms with Crippen molar-refractivity contribution < 1.29 is 14.1 Å². The summed E-state index contributed by atoms with van der Waals surface area (Å²) in [6.07, 6.45) is 0.625. The number of rotatable bonds is 3. The van der Waals surface area contributed by atoms with Crippen molar-refractivity contribution in [1.82, 2.24) is 4.57 Å². The molecule has 0 atom stereocenters. The lowest BCUT2D eigenvalue weighted by atomic mass is 10.1. The van der Waals surface area contributed by atoms with E-state index in [4.69, 9.17) is 4.42 Å². The van der Waals surface area contributed by atoms with E-state index in [0.717, 1.165) is 5.56 Å². The smallest absolute Gasteiger partial charge is 0.408 e. The van der Waals surface area contributed by atoms with E-state index in [0.29, 0.717) is 29.8 Å². The van der Waals surface area contributed by atoms with E-state index < -0.39 is 10.7 Å². The predicted octanol–water partition coefficient (Wildman–Crippen LogP) is 2.09. The fraction of sp³-hybridized carbons (Fsp3) is 0.176. The van der Waals surface area contributed by atoms with Gasteiger partial charge in [0.1, 0.15) is 6.54 Å². The molecular formula is C17H13N3O5. The maximum Gasteiger partial charge on any atom is 0.420 e. The van der Waals surface area contributed by atoms with Gasteiger partial charge in [0.25, 0.3) is 5.69 Å². The second kappa shape index (κ2) is 5.59. The van der Waals surface area contributed by atoms with E-state index in [-0.39, 0.29) is 18.1 Å². The van der Waals surface area contributed by atoms with Crippen molar-refractivity contribution in [1.29, 1.82) is 0 Å². The van der Waals surface area contributed by atoms with E-state index in [1.807, 2.05) is 0 Å². The van der Waals surface area contributed by atoms with Crippen molar-refractivity contribution in [2.24, 2.45) is 0 Å². The number of carbonyl (C=O) groups excluding carboxylic acids is 1. The largest absolute Gasteiger partial charge is 0.420 e. The Morgan fingerprint density at radius 2 is 2.04 bits per heavy atom. The molecule has 0 fully saturated rings. The lowest BCUT2D eigenvalue weighted by molar-refractivity contribution is -0.384. The normalized spacial score (nSPS) is 13.2. The molecule has 1 aliphatic heterocycles. The number of benzene rings is 2. The topological polar surface area (TPSA) is 98.6 Å². The summed E-state index contributed by atoms with van der Waals surface area (Å²) in [6, 6.07) is 11.4. The van der Waals surface area contributed by atoms with Crippen molar-refractivity contribution in [2.45, 2.75) is 13.0 Å². The second-order valence-corrected chi connectivity index (χ2v) is 5.79. The van der Waals surface area contributed by atoms with E-state index in [1.165, 1.54) is 21.6 Å². The van der Waals surface area contributed by atoms with Crippen LogP contribution in [0.3, 0.4) is 0 Å². The van der Waals surface area contributed by atoms with Crippen LogP contribution >= 0.6 is 0 Å². The van der Waals surface area contributed by atoms with Crippen molar-refractivity contribution in [3.63, 3.8) is 0 Å². The van der Waals surface area contributed by atoms with Crippen LogP contribution in [-0.2, 0) is 17.8 Å². The Morgan fingerprint density at radius 1 is 1.24 bits per heavy atom. The standard InChI is InChI=1S/C17H13N3O5/c21-16(10-19-13-3-1-2-4-15(13)25-17(19)22)18-8-7-11-5-6-12(20(23)24)9-14(11)18/h1-6,9H,7-8,10H2. The molecule has 2 heterocycles. The first kappa shape index (κ1) is 15.1. The van der Waals surface area contributed by atoms with E-state index in [2.05, 4.69) is 0 Å². The third-order valence-corrected chi connectivity index (χ3v) is 4.34. The summed E-state index contributed by atoms with van der Waals surface area (Å²) in [5.74, 6) is -0.916. The zero-order valence-electron chi connectivity index (χ0n) is 13.0. The molecule has 0 bridgehead atoms. The highest BCUT2D eigenvalue weighted by molar-refractivity contribution is 5.96. The van der Waals surface area contributed by atoms with Gasteiger partial charge in [-0.2, -0.15) is 0 Å². The molecule has 8 nitrogen and oxygen atoms in total. The molecule has 0 radical (unpaired) electrons. The van der Waals surface area contributed by atoms with Gasteiger partial charge in [0.05, 0.1) is 16.1 Å². The number of hydrogen-bond acceptors (Lipinski definition) is 5. The molecule has 1 amide bonds. The van der Waals surface area contributed by atoms with E-state index in [9.17, 15) is 19.7 Å². The van der Waals surface area contributed by atoms with Gasteiger partial charge in [0, 0.05) is 18.7 Å². The molecule has 126 valence electrons. The first-order valence-electron chi connectivity index (χ1n) is 7.70. The van der Waals surface area contributed by atoms with Crippen LogP contribution in [0.25, 0.3) is 11.1 Å². The number of aromatic nitrogens is 1. The Labute approximate surface area is 141 Å². The molecule has 1 aliphatic rings. The Bertz CT molecular complexity index is 1070. The molecule has 2 aromatic carbocycles. The molecule has 0 aliphatic carbocycles. The first-order chi connectivity index (χ1) is 12.0. The number of nitro benzene ring substituents is 1. The van der Waals surface area contributed by atoms with Crippen LogP contribution in [0.4, 0.5) is 11.4 Å². The number of oxazole rings is 1. The molecule has 0 unspecified atom stereocenters. The van der Waals surface area contributed by atoms with Crippen LogP contribution in [0.1, 0.15) is 5.56 Å². The number of nitrogens with zero attached hydrogens (tertiary/aromatic N) is 3. The van der Waals surface area contributed by atoms with Crippen LogP contribution in [0.15, 0.2) is 51.7 Å². The highest BCUT2D eigenvalue weighted by Crippen LogP contribution is 2.32. The third-order valence-electron chi connectivity index (χ3n) is 4.34. The zero-order valence-corrected chi connectivity index (χ0v) is 13.0. The average Bonchev–Trinajstić information content (AvgIpc) is 3.15. The maximum atomic E-state index is 12.7. The molecule has 0 spiro atoms. The summed E-state index contributed by atoms with van der Waals surface area (Å²) in [4.78, 5) is 36.7. The minimum Gasteiger partial charge on any atom is -0.408 e. The maximum absolute atomic E-state index is 12.7. The van der Waals surface area contributed by atoms with Crippen molar-refractivity contribution in [2.75, 3.05) is 11.4 Å². The number of fused-ring (bicyclic) bond motifs is 2. The summed E-state index contributed by atoms with van der Waals surface area (Å²) < 4.78 is 6.40. The van der Waals surface area contributed by atoms with Crippen molar-refractivity contribution in [3.05, 3.63) is 68.7 Å². The Hall–Kier alpha value is -3.42. The average molecular weight is 339 g/mol. The Morgan fingerprint density at radius 3 is 2.84 bits per heavy atom. The van der Waals surface area contributed by atoms with Crippen LogP contribution in [0.2, 0.25) is 0 Å². The minimum atomic E-state index is -0.604. The van der Waals surface area contributed by atoms with Gasteiger partial charge >= 0.3 is 5.76 Å². The quantitative estimate of drug-likeness (QED) is 0.537. The van der Waals surface area contributed by atoms with Gasteiger partial charge in [-0.15, -0.1) is 0 Å². The third kappa shape index (κ3) is 2.47. The molecule has 0 saturated heterocycles. The van der Waals surface area contributed by atoms with Gasteiger partial charge < -0.3 is 9.32 Å². The molecule has 8 heteroatoms. The van der Waals surface area contributed by atoms with Crippen LogP contribution in [-0.4, -0.2) is 21.9 Å². The number of anilines is 1. The summed E-state index contributed by atoms with van der Waals surface area (Å²) in [6.45, 7) is 0.248. The second-order valence-electron chi connectivity index (χ2n) is 5.79. The molecule has 0 saturated carbocycles. The van der Waals surface area contributed by atoms with E-state index in [1.54, 1.807) is 30.3 Å².